The first kappa shape index (κ1) is 17.5. The monoisotopic (exact) mass is 341 g/mol. The van der Waals surface area contributed by atoms with Crippen molar-refractivity contribution in [2.75, 3.05) is 12.3 Å². The molecule has 2 rings (SSSR count). The van der Waals surface area contributed by atoms with Crippen LogP contribution in [-0.2, 0) is 10.4 Å². The number of amides is 1. The summed E-state index contributed by atoms with van der Waals surface area (Å²) in [6.45, 7) is 3.28. The Bertz CT molecular complexity index is 700. The number of carbonyl (C=O) groups excluding carboxylic acids is 1. The van der Waals surface area contributed by atoms with E-state index in [0.29, 0.717) is 16.4 Å². The maximum atomic E-state index is 13.1. The molecular weight excluding hydrogens is 324 g/mol. The molecule has 1 unspecified atom stereocenters. The average molecular weight is 341 g/mol. The van der Waals surface area contributed by atoms with Crippen molar-refractivity contribution < 1.29 is 23.1 Å². The Morgan fingerprint density at radius 2 is 2.04 bits per heavy atom. The largest absolute Gasteiger partial charge is 0.463 e. The molecule has 0 saturated heterocycles. The Balaban J connectivity index is 1.84. The van der Waals surface area contributed by atoms with Crippen LogP contribution in [-0.4, -0.2) is 23.3 Å². The zero-order valence-corrected chi connectivity index (χ0v) is 13.5. The molecule has 0 bridgehead atoms. The van der Waals surface area contributed by atoms with Crippen molar-refractivity contribution in [3.05, 3.63) is 53.5 Å². The van der Waals surface area contributed by atoms with E-state index in [-0.39, 0.29) is 18.2 Å². The van der Waals surface area contributed by atoms with E-state index in [1.165, 1.54) is 13.0 Å². The van der Waals surface area contributed by atoms with Gasteiger partial charge in [-0.1, -0.05) is 0 Å². The van der Waals surface area contributed by atoms with Crippen molar-refractivity contribution in [1.29, 1.82) is 0 Å². The van der Waals surface area contributed by atoms with Gasteiger partial charge in [-0.15, -0.1) is 11.8 Å². The summed E-state index contributed by atoms with van der Waals surface area (Å²) in [5.41, 5.74) is -1.32. The summed E-state index contributed by atoms with van der Waals surface area (Å²) in [6, 6.07) is 6.83. The first-order chi connectivity index (χ1) is 10.8. The van der Waals surface area contributed by atoms with Gasteiger partial charge in [-0.3, -0.25) is 4.79 Å². The second-order valence-corrected chi connectivity index (χ2v) is 6.37. The summed E-state index contributed by atoms with van der Waals surface area (Å²) in [7, 11) is 0. The van der Waals surface area contributed by atoms with Gasteiger partial charge in [-0.25, -0.2) is 8.78 Å². The van der Waals surface area contributed by atoms with E-state index < -0.39 is 17.2 Å². The number of rotatable bonds is 6. The van der Waals surface area contributed by atoms with Crippen LogP contribution in [0.5, 0.6) is 0 Å². The molecular formula is C16H17F2NO3S. The van der Waals surface area contributed by atoms with E-state index in [0.717, 1.165) is 23.9 Å². The Labute approximate surface area is 136 Å². The minimum absolute atomic E-state index is 0.0167. The molecule has 1 aromatic carbocycles. The number of aliphatic hydroxyl groups is 1. The van der Waals surface area contributed by atoms with Gasteiger partial charge in [0.2, 0.25) is 5.91 Å². The van der Waals surface area contributed by atoms with Crippen molar-refractivity contribution in [3.8, 4) is 0 Å². The Morgan fingerprint density at radius 1 is 1.30 bits per heavy atom. The van der Waals surface area contributed by atoms with Gasteiger partial charge in [0.25, 0.3) is 0 Å². The highest BCUT2D eigenvalue weighted by Gasteiger charge is 2.27. The lowest BCUT2D eigenvalue weighted by atomic mass is 10.0. The highest BCUT2D eigenvalue weighted by Crippen LogP contribution is 2.23. The van der Waals surface area contributed by atoms with Crippen molar-refractivity contribution >= 4 is 17.7 Å². The van der Waals surface area contributed by atoms with Gasteiger partial charge in [0.05, 0.1) is 12.3 Å². The Kier molecular flexibility index (Phi) is 5.43. The van der Waals surface area contributed by atoms with Crippen molar-refractivity contribution in [3.63, 3.8) is 0 Å². The molecule has 0 aliphatic rings. The first-order valence-corrected chi connectivity index (χ1v) is 7.90. The first-order valence-electron chi connectivity index (χ1n) is 6.92. The van der Waals surface area contributed by atoms with Crippen molar-refractivity contribution in [1.82, 2.24) is 5.32 Å². The standard InChI is InChI=1S/C16H17F2NO3S/c1-10-3-6-14(22-10)16(2,21)9-19-15(20)8-23-11-4-5-12(17)13(18)7-11/h3-7,21H,8-9H2,1-2H3,(H,19,20). The van der Waals surface area contributed by atoms with E-state index in [4.69, 9.17) is 4.42 Å². The summed E-state index contributed by atoms with van der Waals surface area (Å²) in [4.78, 5) is 12.3. The number of thioether (sulfide) groups is 1. The van der Waals surface area contributed by atoms with Crippen molar-refractivity contribution in [2.45, 2.75) is 24.3 Å². The smallest absolute Gasteiger partial charge is 0.230 e. The maximum Gasteiger partial charge on any atom is 0.230 e. The van der Waals surface area contributed by atoms with E-state index in [2.05, 4.69) is 5.32 Å². The maximum absolute atomic E-state index is 13.1. The van der Waals surface area contributed by atoms with Crippen LogP contribution in [0.1, 0.15) is 18.4 Å². The SMILES string of the molecule is Cc1ccc(C(C)(O)CNC(=O)CSc2ccc(F)c(F)c2)o1. The molecule has 23 heavy (non-hydrogen) atoms. The fraction of sp³-hybridized carbons (Fsp3) is 0.312. The molecule has 0 aliphatic carbocycles. The van der Waals surface area contributed by atoms with Crippen LogP contribution in [0, 0.1) is 18.6 Å². The lowest BCUT2D eigenvalue weighted by molar-refractivity contribution is -0.119. The van der Waals surface area contributed by atoms with E-state index in [1.807, 2.05) is 0 Å². The van der Waals surface area contributed by atoms with E-state index in [9.17, 15) is 18.7 Å². The van der Waals surface area contributed by atoms with Crippen LogP contribution >= 0.6 is 11.8 Å². The van der Waals surface area contributed by atoms with Crippen LogP contribution in [0.25, 0.3) is 0 Å². The molecule has 7 heteroatoms. The molecule has 0 radical (unpaired) electrons. The van der Waals surface area contributed by atoms with Gasteiger partial charge in [0.1, 0.15) is 17.1 Å². The number of nitrogens with one attached hydrogen (secondary N) is 1. The number of halogens is 2. The molecule has 0 fully saturated rings. The molecule has 1 heterocycles. The van der Waals surface area contributed by atoms with Gasteiger partial charge < -0.3 is 14.8 Å². The molecule has 0 saturated carbocycles. The summed E-state index contributed by atoms with van der Waals surface area (Å²) in [5.74, 6) is -1.15. The van der Waals surface area contributed by atoms with Gasteiger partial charge in [0.15, 0.2) is 11.6 Å². The summed E-state index contributed by atoms with van der Waals surface area (Å²) in [6.07, 6.45) is 0. The predicted octanol–water partition coefficient (Wildman–Crippen LogP) is 2.98. The molecule has 1 aromatic heterocycles. The zero-order valence-electron chi connectivity index (χ0n) is 12.7. The van der Waals surface area contributed by atoms with Gasteiger partial charge in [-0.05, 0) is 44.2 Å². The Morgan fingerprint density at radius 3 is 2.65 bits per heavy atom. The lowest BCUT2D eigenvalue weighted by Crippen LogP contribution is -2.39. The highest BCUT2D eigenvalue weighted by molar-refractivity contribution is 8.00. The predicted molar refractivity (Wildman–Crippen MR) is 83.1 cm³/mol. The number of furan rings is 1. The number of hydrogen-bond acceptors (Lipinski definition) is 4. The third-order valence-corrected chi connectivity index (χ3v) is 4.16. The van der Waals surface area contributed by atoms with E-state index in [1.54, 1.807) is 19.1 Å². The molecule has 1 amide bonds. The summed E-state index contributed by atoms with van der Waals surface area (Å²) >= 11 is 1.08. The molecule has 1 atom stereocenters. The fourth-order valence-electron chi connectivity index (χ4n) is 1.85. The normalized spacial score (nSPS) is 13.6. The highest BCUT2D eigenvalue weighted by atomic mass is 32.2. The summed E-state index contributed by atoms with van der Waals surface area (Å²) in [5, 5.41) is 12.9. The minimum atomic E-state index is -1.32. The molecule has 0 spiro atoms. The zero-order chi connectivity index (χ0) is 17.0. The Hall–Kier alpha value is -1.86. The van der Waals surface area contributed by atoms with Gasteiger partial charge in [-0.2, -0.15) is 0 Å². The van der Waals surface area contributed by atoms with Crippen LogP contribution in [0.3, 0.4) is 0 Å². The third kappa shape index (κ3) is 4.80. The molecule has 2 N–H and O–H groups in total. The average Bonchev–Trinajstić information content (AvgIpc) is 2.94. The van der Waals surface area contributed by atoms with Crippen LogP contribution in [0.2, 0.25) is 0 Å². The third-order valence-electron chi connectivity index (χ3n) is 3.16. The molecule has 0 aliphatic heterocycles. The number of aryl methyl sites for hydroxylation is 1. The van der Waals surface area contributed by atoms with Gasteiger partial charge in [0, 0.05) is 4.90 Å². The second-order valence-electron chi connectivity index (χ2n) is 5.33. The van der Waals surface area contributed by atoms with E-state index >= 15 is 0 Å². The van der Waals surface area contributed by atoms with Crippen LogP contribution in [0.15, 0.2) is 39.6 Å². The topological polar surface area (TPSA) is 62.5 Å². The quantitative estimate of drug-likeness (QED) is 0.793. The number of hydrogen-bond donors (Lipinski definition) is 2. The molecule has 2 aromatic rings. The van der Waals surface area contributed by atoms with Crippen LogP contribution < -0.4 is 5.32 Å². The second kappa shape index (κ2) is 7.14. The molecule has 124 valence electrons. The van der Waals surface area contributed by atoms with Crippen molar-refractivity contribution in [2.24, 2.45) is 0 Å². The number of benzene rings is 1. The minimum Gasteiger partial charge on any atom is -0.463 e. The summed E-state index contributed by atoms with van der Waals surface area (Å²) < 4.78 is 31.2. The molecule has 4 nitrogen and oxygen atoms in total. The number of carbonyl (C=O) groups is 1. The lowest BCUT2D eigenvalue weighted by Gasteiger charge is -2.21. The fourth-order valence-corrected chi connectivity index (χ4v) is 2.60. The van der Waals surface area contributed by atoms with Gasteiger partial charge >= 0.3 is 0 Å². The van der Waals surface area contributed by atoms with Crippen LogP contribution in [0.4, 0.5) is 8.78 Å².